The van der Waals surface area contributed by atoms with E-state index in [9.17, 15) is 14.4 Å². The largest absolute Gasteiger partial charge is 0.427 e. The third-order valence-electron chi connectivity index (χ3n) is 3.64. The van der Waals surface area contributed by atoms with Crippen LogP contribution in [0.15, 0.2) is 47.4 Å². The number of hydrogen-bond acceptors (Lipinski definition) is 5. The summed E-state index contributed by atoms with van der Waals surface area (Å²) >= 11 is 12.7. The first-order valence-corrected chi connectivity index (χ1v) is 9.38. The van der Waals surface area contributed by atoms with Gasteiger partial charge < -0.3 is 4.74 Å². The molecule has 27 heavy (non-hydrogen) atoms. The second-order valence-electron chi connectivity index (χ2n) is 5.68. The van der Waals surface area contributed by atoms with E-state index in [1.807, 2.05) is 0 Å². The molecule has 0 aromatic heterocycles. The van der Waals surface area contributed by atoms with Crippen molar-refractivity contribution >= 4 is 58.2 Å². The molecule has 0 unspecified atom stereocenters. The van der Waals surface area contributed by atoms with E-state index in [1.54, 1.807) is 48.5 Å². The van der Waals surface area contributed by atoms with Crippen molar-refractivity contribution in [2.75, 3.05) is 0 Å². The molecule has 2 aromatic carbocycles. The summed E-state index contributed by atoms with van der Waals surface area (Å²) in [6, 6.07) is 11.6. The average molecular weight is 422 g/mol. The van der Waals surface area contributed by atoms with Crippen molar-refractivity contribution in [2.45, 2.75) is 13.5 Å². The summed E-state index contributed by atoms with van der Waals surface area (Å²) in [5.41, 5.74) is 1.42. The number of hydrogen-bond donors (Lipinski definition) is 0. The Hall–Kier alpha value is -2.28. The Bertz CT molecular complexity index is 957. The maximum atomic E-state index is 12.6. The Kier molecular flexibility index (Phi) is 5.89. The maximum absolute atomic E-state index is 12.6. The fraction of sp³-hybridized carbons (Fsp3) is 0.105. The molecule has 0 spiro atoms. The zero-order chi connectivity index (χ0) is 19.6. The number of nitrogens with zero attached hydrogens (tertiary/aromatic N) is 1. The first kappa shape index (κ1) is 19.5. The van der Waals surface area contributed by atoms with Gasteiger partial charge in [-0.25, -0.2) is 0 Å². The third kappa shape index (κ3) is 4.71. The van der Waals surface area contributed by atoms with E-state index >= 15 is 0 Å². The molecule has 0 aliphatic carbocycles. The van der Waals surface area contributed by atoms with Crippen molar-refractivity contribution < 1.29 is 19.1 Å². The predicted molar refractivity (Wildman–Crippen MR) is 106 cm³/mol. The van der Waals surface area contributed by atoms with E-state index in [4.69, 9.17) is 27.9 Å². The lowest BCUT2D eigenvalue weighted by atomic mass is 10.2. The van der Waals surface area contributed by atoms with Crippen LogP contribution in [-0.4, -0.2) is 22.0 Å². The molecular formula is C19H13Cl2NO4S. The molecule has 5 nitrogen and oxygen atoms in total. The summed E-state index contributed by atoms with van der Waals surface area (Å²) in [5, 5.41) is 0.421. The molecule has 2 amide bonds. The Labute approximate surface area is 169 Å². The number of carbonyl (C=O) groups excluding carboxylic acids is 3. The lowest BCUT2D eigenvalue weighted by molar-refractivity contribution is -0.131. The van der Waals surface area contributed by atoms with Crippen LogP contribution in [0, 0.1) is 0 Å². The Balaban J connectivity index is 1.75. The maximum Gasteiger partial charge on any atom is 0.308 e. The first-order chi connectivity index (χ1) is 12.8. The van der Waals surface area contributed by atoms with E-state index in [2.05, 4.69) is 0 Å². The number of ether oxygens (including phenoxy) is 1. The molecule has 0 bridgehead atoms. The van der Waals surface area contributed by atoms with Crippen LogP contribution in [0.3, 0.4) is 0 Å². The van der Waals surface area contributed by atoms with Gasteiger partial charge in [0.05, 0.1) is 21.5 Å². The molecule has 0 radical (unpaired) electrons. The molecule has 1 heterocycles. The lowest BCUT2D eigenvalue weighted by Gasteiger charge is -2.12. The number of rotatable bonds is 4. The topological polar surface area (TPSA) is 63.7 Å². The second-order valence-corrected chi connectivity index (χ2v) is 7.49. The highest BCUT2D eigenvalue weighted by molar-refractivity contribution is 8.18. The minimum absolute atomic E-state index is 0.115. The number of amides is 2. The smallest absolute Gasteiger partial charge is 0.308 e. The van der Waals surface area contributed by atoms with E-state index in [-0.39, 0.29) is 17.7 Å². The van der Waals surface area contributed by atoms with Gasteiger partial charge in [-0.3, -0.25) is 19.3 Å². The van der Waals surface area contributed by atoms with E-state index in [0.29, 0.717) is 31.8 Å². The fourth-order valence-corrected chi connectivity index (χ4v) is 3.57. The Morgan fingerprint density at radius 1 is 1.11 bits per heavy atom. The van der Waals surface area contributed by atoms with Gasteiger partial charge in [0, 0.05) is 6.92 Å². The summed E-state index contributed by atoms with van der Waals surface area (Å²) < 4.78 is 4.96. The van der Waals surface area contributed by atoms with Crippen molar-refractivity contribution in [1.82, 2.24) is 4.90 Å². The number of esters is 1. The first-order valence-electron chi connectivity index (χ1n) is 7.81. The highest BCUT2D eigenvalue weighted by Crippen LogP contribution is 2.34. The zero-order valence-electron chi connectivity index (χ0n) is 14.1. The van der Waals surface area contributed by atoms with Gasteiger partial charge in [0.1, 0.15) is 5.75 Å². The molecule has 0 saturated carbocycles. The van der Waals surface area contributed by atoms with Gasteiger partial charge in [-0.1, -0.05) is 41.4 Å². The van der Waals surface area contributed by atoms with Gasteiger partial charge in [0.15, 0.2) is 0 Å². The molecule has 1 aliphatic rings. The van der Waals surface area contributed by atoms with Gasteiger partial charge in [-0.15, -0.1) is 0 Å². The molecule has 2 aromatic rings. The number of halogens is 2. The number of carbonyl (C=O) groups is 3. The van der Waals surface area contributed by atoms with Crippen LogP contribution in [0.5, 0.6) is 5.75 Å². The molecule has 0 N–H and O–H groups in total. The van der Waals surface area contributed by atoms with Crippen molar-refractivity contribution in [3.8, 4) is 5.75 Å². The van der Waals surface area contributed by atoms with Crippen molar-refractivity contribution in [3.63, 3.8) is 0 Å². The number of imide groups is 1. The fourth-order valence-electron chi connectivity index (χ4n) is 2.41. The van der Waals surface area contributed by atoms with E-state index < -0.39 is 5.97 Å². The Morgan fingerprint density at radius 2 is 1.81 bits per heavy atom. The van der Waals surface area contributed by atoms with E-state index in [1.165, 1.54) is 6.92 Å². The van der Waals surface area contributed by atoms with E-state index in [0.717, 1.165) is 16.7 Å². The summed E-state index contributed by atoms with van der Waals surface area (Å²) in [4.78, 5) is 37.2. The molecule has 3 rings (SSSR count). The van der Waals surface area contributed by atoms with Crippen LogP contribution >= 0.6 is 35.0 Å². The minimum atomic E-state index is -0.411. The van der Waals surface area contributed by atoms with Crippen LogP contribution < -0.4 is 4.74 Å². The monoisotopic (exact) mass is 421 g/mol. The van der Waals surface area contributed by atoms with Gasteiger partial charge in [-0.2, -0.15) is 0 Å². The standard InChI is InChI=1S/C19H13Cl2NO4S/c1-11(23)26-14-5-2-12(3-6-14)9-17-18(24)22(19(25)27-17)10-13-4-7-15(20)16(21)8-13/h2-9H,10H2,1H3/b17-9+. The summed E-state index contributed by atoms with van der Waals surface area (Å²) in [6.07, 6.45) is 1.62. The predicted octanol–water partition coefficient (Wildman–Crippen LogP) is 5.16. The highest BCUT2D eigenvalue weighted by atomic mass is 35.5. The van der Waals surface area contributed by atoms with Crippen molar-refractivity contribution in [3.05, 3.63) is 68.5 Å². The normalized spacial score (nSPS) is 15.5. The summed E-state index contributed by atoms with van der Waals surface area (Å²) in [6.45, 7) is 1.43. The molecular weight excluding hydrogens is 409 g/mol. The molecule has 1 aliphatic heterocycles. The van der Waals surface area contributed by atoms with Crippen molar-refractivity contribution in [1.29, 1.82) is 0 Å². The van der Waals surface area contributed by atoms with Gasteiger partial charge in [-0.05, 0) is 53.2 Å². The SMILES string of the molecule is CC(=O)Oc1ccc(/C=C2/SC(=O)N(Cc3ccc(Cl)c(Cl)c3)C2=O)cc1. The third-order valence-corrected chi connectivity index (χ3v) is 5.28. The quantitative estimate of drug-likeness (QED) is 0.387. The van der Waals surface area contributed by atoms with Crippen LogP contribution in [0.2, 0.25) is 10.0 Å². The average Bonchev–Trinajstić information content (AvgIpc) is 2.87. The molecule has 1 saturated heterocycles. The van der Waals surface area contributed by atoms with Crippen LogP contribution in [0.25, 0.3) is 6.08 Å². The molecule has 0 atom stereocenters. The second kappa shape index (κ2) is 8.17. The van der Waals surface area contributed by atoms with Gasteiger partial charge in [0.25, 0.3) is 11.1 Å². The number of thioether (sulfide) groups is 1. The number of benzene rings is 2. The van der Waals surface area contributed by atoms with Gasteiger partial charge >= 0.3 is 5.97 Å². The lowest BCUT2D eigenvalue weighted by Crippen LogP contribution is -2.27. The molecule has 8 heteroatoms. The van der Waals surface area contributed by atoms with Crippen LogP contribution in [0.4, 0.5) is 4.79 Å². The molecule has 1 fully saturated rings. The minimum Gasteiger partial charge on any atom is -0.427 e. The van der Waals surface area contributed by atoms with Gasteiger partial charge in [0.2, 0.25) is 0 Å². The Morgan fingerprint density at radius 3 is 2.44 bits per heavy atom. The zero-order valence-corrected chi connectivity index (χ0v) is 16.4. The van der Waals surface area contributed by atoms with Crippen LogP contribution in [0.1, 0.15) is 18.1 Å². The summed E-state index contributed by atoms with van der Waals surface area (Å²) in [7, 11) is 0. The summed E-state index contributed by atoms with van der Waals surface area (Å²) in [5.74, 6) is -0.376. The van der Waals surface area contributed by atoms with Crippen molar-refractivity contribution in [2.24, 2.45) is 0 Å². The van der Waals surface area contributed by atoms with Crippen LogP contribution in [-0.2, 0) is 16.1 Å². The molecule has 138 valence electrons. The highest BCUT2D eigenvalue weighted by Gasteiger charge is 2.35.